The average molecular weight is 212 g/mol. The quantitative estimate of drug-likeness (QED) is 0.708. The minimum absolute atomic E-state index is 0.749. The molecule has 2 aromatic rings. The third-order valence-electron chi connectivity index (χ3n) is 3.08. The van der Waals surface area contributed by atoms with Crippen LogP contribution in [-0.4, -0.2) is 6.29 Å². The number of hydrogen-bond acceptors (Lipinski definition) is 1. The van der Waals surface area contributed by atoms with Crippen molar-refractivity contribution in [2.24, 2.45) is 0 Å². The summed E-state index contributed by atoms with van der Waals surface area (Å²) in [6.07, 6.45) is 3.01. The van der Waals surface area contributed by atoms with Crippen molar-refractivity contribution < 1.29 is 4.79 Å². The Morgan fingerprint density at radius 1 is 0.938 bits per heavy atom. The van der Waals surface area contributed by atoms with E-state index in [1.807, 2.05) is 18.2 Å². The first kappa shape index (κ1) is 10.9. The Hall–Kier alpha value is -1.63. The molecule has 2 aromatic carbocycles. The molecule has 1 heteroatoms. The molecule has 0 saturated carbocycles. The molecular weight excluding hydrogens is 196 g/mol. The Morgan fingerprint density at radius 2 is 1.56 bits per heavy atom. The summed E-state index contributed by atoms with van der Waals surface area (Å²) in [5.74, 6) is 0. The van der Waals surface area contributed by atoms with Gasteiger partial charge in [-0.1, -0.05) is 38.1 Å². The summed E-state index contributed by atoms with van der Waals surface area (Å²) in [4.78, 5) is 10.7. The topological polar surface area (TPSA) is 17.1 Å². The normalized spacial score (nSPS) is 10.6. The molecule has 0 aliphatic carbocycles. The van der Waals surface area contributed by atoms with Gasteiger partial charge < -0.3 is 0 Å². The van der Waals surface area contributed by atoms with Gasteiger partial charge in [-0.25, -0.2) is 0 Å². The maximum atomic E-state index is 10.7. The number of hydrogen-bond donors (Lipinski definition) is 0. The number of benzene rings is 2. The van der Waals surface area contributed by atoms with E-state index < -0.39 is 0 Å². The Bertz CT molecular complexity index is 526. The summed E-state index contributed by atoms with van der Waals surface area (Å²) in [5, 5.41) is 2.39. The van der Waals surface area contributed by atoms with Gasteiger partial charge in [0.05, 0.1) is 0 Å². The molecule has 0 heterocycles. The Labute approximate surface area is 96.1 Å². The lowest BCUT2D eigenvalue weighted by atomic mass is 9.97. The molecule has 2 rings (SSSR count). The van der Waals surface area contributed by atoms with Gasteiger partial charge in [0.2, 0.25) is 0 Å². The number of carbonyl (C=O) groups is 1. The van der Waals surface area contributed by atoms with Gasteiger partial charge in [0.15, 0.2) is 0 Å². The molecule has 0 saturated heterocycles. The van der Waals surface area contributed by atoms with E-state index in [1.54, 1.807) is 0 Å². The van der Waals surface area contributed by atoms with E-state index in [4.69, 9.17) is 0 Å². The van der Waals surface area contributed by atoms with Gasteiger partial charge in [0.25, 0.3) is 0 Å². The van der Waals surface area contributed by atoms with Crippen molar-refractivity contribution in [2.45, 2.75) is 26.7 Å². The van der Waals surface area contributed by atoms with Crippen molar-refractivity contribution in [3.63, 3.8) is 0 Å². The van der Waals surface area contributed by atoms with Gasteiger partial charge >= 0.3 is 0 Å². The van der Waals surface area contributed by atoms with Crippen LogP contribution in [0.5, 0.6) is 0 Å². The molecule has 0 aromatic heterocycles. The van der Waals surface area contributed by atoms with Crippen molar-refractivity contribution in [2.75, 3.05) is 0 Å². The monoisotopic (exact) mass is 212 g/mol. The molecule has 0 bridgehead atoms. The van der Waals surface area contributed by atoms with E-state index in [0.717, 1.165) is 24.7 Å². The lowest BCUT2D eigenvalue weighted by Gasteiger charge is -2.08. The summed E-state index contributed by atoms with van der Waals surface area (Å²) in [6.45, 7) is 4.35. The lowest BCUT2D eigenvalue weighted by Crippen LogP contribution is -1.91. The second-order valence-corrected chi connectivity index (χ2v) is 4.05. The van der Waals surface area contributed by atoms with Crippen molar-refractivity contribution in [3.05, 3.63) is 47.0 Å². The summed E-state index contributed by atoms with van der Waals surface area (Å²) in [6, 6.07) is 10.3. The van der Waals surface area contributed by atoms with Crippen LogP contribution in [0.15, 0.2) is 30.3 Å². The first-order valence-corrected chi connectivity index (χ1v) is 5.79. The fourth-order valence-electron chi connectivity index (χ4n) is 2.14. The number of aldehydes is 1. The molecule has 0 fully saturated rings. The third kappa shape index (κ3) is 1.85. The Kier molecular flexibility index (Phi) is 3.04. The molecule has 0 atom stereocenters. The minimum Gasteiger partial charge on any atom is -0.298 e. The van der Waals surface area contributed by atoms with Crippen LogP contribution in [0.1, 0.15) is 35.3 Å². The number of rotatable bonds is 3. The van der Waals surface area contributed by atoms with Crippen LogP contribution in [0.3, 0.4) is 0 Å². The van der Waals surface area contributed by atoms with E-state index in [-0.39, 0.29) is 0 Å². The largest absolute Gasteiger partial charge is 0.298 e. The first-order valence-electron chi connectivity index (χ1n) is 5.79. The van der Waals surface area contributed by atoms with Crippen LogP contribution in [0.25, 0.3) is 10.8 Å². The zero-order valence-corrected chi connectivity index (χ0v) is 9.79. The van der Waals surface area contributed by atoms with Crippen LogP contribution in [-0.2, 0) is 12.8 Å². The van der Waals surface area contributed by atoms with Gasteiger partial charge in [0.1, 0.15) is 6.29 Å². The van der Waals surface area contributed by atoms with Crippen LogP contribution in [0, 0.1) is 0 Å². The fourth-order valence-corrected chi connectivity index (χ4v) is 2.14. The average Bonchev–Trinajstić information content (AvgIpc) is 2.36. The van der Waals surface area contributed by atoms with Gasteiger partial charge in [0, 0.05) is 5.56 Å². The number of aryl methyl sites for hydroxylation is 2. The maximum absolute atomic E-state index is 10.7. The number of fused-ring (bicyclic) bond motifs is 1. The molecule has 82 valence electrons. The molecule has 0 amide bonds. The molecule has 0 aliphatic heterocycles. The first-order chi connectivity index (χ1) is 7.78. The Balaban J connectivity index is 2.68. The van der Waals surface area contributed by atoms with Crippen molar-refractivity contribution in [3.8, 4) is 0 Å². The van der Waals surface area contributed by atoms with E-state index in [0.29, 0.717) is 0 Å². The molecule has 16 heavy (non-hydrogen) atoms. The van der Waals surface area contributed by atoms with Crippen molar-refractivity contribution in [1.82, 2.24) is 0 Å². The van der Waals surface area contributed by atoms with Gasteiger partial charge in [-0.2, -0.15) is 0 Å². The van der Waals surface area contributed by atoms with E-state index in [1.165, 1.54) is 21.9 Å². The van der Waals surface area contributed by atoms with Crippen molar-refractivity contribution in [1.29, 1.82) is 0 Å². The molecule has 0 radical (unpaired) electrons. The smallest absolute Gasteiger partial charge is 0.150 e. The highest BCUT2D eigenvalue weighted by Crippen LogP contribution is 2.22. The second-order valence-electron chi connectivity index (χ2n) is 4.05. The van der Waals surface area contributed by atoms with Crippen LogP contribution < -0.4 is 0 Å². The van der Waals surface area contributed by atoms with Crippen molar-refractivity contribution >= 4 is 17.1 Å². The molecule has 0 aliphatic rings. The van der Waals surface area contributed by atoms with E-state index in [2.05, 4.69) is 26.0 Å². The summed E-state index contributed by atoms with van der Waals surface area (Å²) < 4.78 is 0. The summed E-state index contributed by atoms with van der Waals surface area (Å²) in [5.41, 5.74) is 3.55. The molecule has 1 nitrogen and oxygen atoms in total. The van der Waals surface area contributed by atoms with Gasteiger partial charge in [-0.05, 0) is 40.8 Å². The highest BCUT2D eigenvalue weighted by molar-refractivity contribution is 5.89. The highest BCUT2D eigenvalue weighted by atomic mass is 16.1. The molecule has 0 spiro atoms. The van der Waals surface area contributed by atoms with E-state index in [9.17, 15) is 4.79 Å². The van der Waals surface area contributed by atoms with Crippen LogP contribution >= 0.6 is 0 Å². The zero-order valence-electron chi connectivity index (χ0n) is 9.79. The zero-order chi connectivity index (χ0) is 11.5. The Morgan fingerprint density at radius 3 is 2.12 bits per heavy atom. The second kappa shape index (κ2) is 4.48. The fraction of sp³-hybridized carbons (Fsp3) is 0.267. The lowest BCUT2D eigenvalue weighted by molar-refractivity contribution is 0.112. The van der Waals surface area contributed by atoms with Gasteiger partial charge in [-0.15, -0.1) is 0 Å². The molecular formula is C15H16O. The predicted molar refractivity (Wildman–Crippen MR) is 68.1 cm³/mol. The van der Waals surface area contributed by atoms with Crippen LogP contribution in [0.2, 0.25) is 0 Å². The summed E-state index contributed by atoms with van der Waals surface area (Å²) in [7, 11) is 0. The summed E-state index contributed by atoms with van der Waals surface area (Å²) >= 11 is 0. The van der Waals surface area contributed by atoms with E-state index >= 15 is 0 Å². The standard InChI is InChI=1S/C15H16O/c1-3-12-8-14-6-5-11(10-16)7-15(14)9-13(12)4-2/h5-10H,3-4H2,1-2H3. The maximum Gasteiger partial charge on any atom is 0.150 e. The van der Waals surface area contributed by atoms with Crippen LogP contribution in [0.4, 0.5) is 0 Å². The minimum atomic E-state index is 0.749. The van der Waals surface area contributed by atoms with Gasteiger partial charge in [-0.3, -0.25) is 4.79 Å². The number of carbonyl (C=O) groups excluding carboxylic acids is 1. The molecule has 0 N–H and O–H groups in total. The highest BCUT2D eigenvalue weighted by Gasteiger charge is 2.02. The SMILES string of the molecule is CCc1cc2ccc(C=O)cc2cc1CC. The molecule has 0 unspecified atom stereocenters. The third-order valence-corrected chi connectivity index (χ3v) is 3.08. The predicted octanol–water partition coefficient (Wildman–Crippen LogP) is 3.78.